The average molecular weight is 291 g/mol. The number of amides is 1. The lowest BCUT2D eigenvalue weighted by atomic mass is 9.75. The smallest absolute Gasteiger partial charge is 0.224 e. The molecule has 4 nitrogen and oxygen atoms in total. The van der Waals surface area contributed by atoms with E-state index >= 15 is 0 Å². The SMILES string of the molecule is NC1(CC(=O)N2CCN(c3ccccc3F)CC2)CCC1. The molecule has 1 saturated carbocycles. The zero-order chi connectivity index (χ0) is 14.9. The molecular formula is C16H22FN3O. The predicted octanol–water partition coefficient (Wildman–Crippen LogP) is 1.75. The summed E-state index contributed by atoms with van der Waals surface area (Å²) in [6, 6.07) is 6.79. The number of rotatable bonds is 3. The molecule has 114 valence electrons. The molecule has 0 bridgehead atoms. The average Bonchev–Trinajstić information content (AvgIpc) is 2.46. The van der Waals surface area contributed by atoms with Gasteiger partial charge in [0, 0.05) is 38.1 Å². The van der Waals surface area contributed by atoms with E-state index < -0.39 is 0 Å². The molecule has 1 aromatic rings. The number of benzene rings is 1. The number of hydrogen-bond acceptors (Lipinski definition) is 3. The van der Waals surface area contributed by atoms with Gasteiger partial charge in [-0.25, -0.2) is 4.39 Å². The fraction of sp³-hybridized carbons (Fsp3) is 0.562. The highest BCUT2D eigenvalue weighted by molar-refractivity contribution is 5.78. The van der Waals surface area contributed by atoms with Crippen molar-refractivity contribution in [3.8, 4) is 0 Å². The first-order chi connectivity index (χ1) is 10.1. The van der Waals surface area contributed by atoms with E-state index in [1.165, 1.54) is 6.07 Å². The van der Waals surface area contributed by atoms with E-state index in [9.17, 15) is 9.18 Å². The number of hydrogen-bond donors (Lipinski definition) is 1. The number of carbonyl (C=O) groups excluding carboxylic acids is 1. The van der Waals surface area contributed by atoms with Crippen LogP contribution in [0.5, 0.6) is 0 Å². The van der Waals surface area contributed by atoms with Crippen LogP contribution in [-0.2, 0) is 4.79 Å². The second-order valence-electron chi connectivity index (χ2n) is 6.21. The van der Waals surface area contributed by atoms with Gasteiger partial charge in [0.2, 0.25) is 5.91 Å². The van der Waals surface area contributed by atoms with Crippen molar-refractivity contribution in [3.63, 3.8) is 0 Å². The van der Waals surface area contributed by atoms with Gasteiger partial charge >= 0.3 is 0 Å². The Labute approximate surface area is 124 Å². The van der Waals surface area contributed by atoms with E-state index in [4.69, 9.17) is 5.73 Å². The molecule has 1 heterocycles. The zero-order valence-corrected chi connectivity index (χ0v) is 12.2. The standard InChI is InChI=1S/C16H22FN3O/c17-13-4-1-2-5-14(13)19-8-10-20(11-9-19)15(21)12-16(18)6-3-7-16/h1-2,4-5H,3,6-12,18H2. The summed E-state index contributed by atoms with van der Waals surface area (Å²) in [4.78, 5) is 16.1. The van der Waals surface area contributed by atoms with Crippen molar-refractivity contribution in [2.24, 2.45) is 5.73 Å². The number of halogens is 1. The van der Waals surface area contributed by atoms with Crippen LogP contribution in [0.15, 0.2) is 24.3 Å². The third-order valence-corrected chi connectivity index (χ3v) is 4.68. The highest BCUT2D eigenvalue weighted by Crippen LogP contribution is 2.32. The summed E-state index contributed by atoms with van der Waals surface area (Å²) < 4.78 is 13.8. The van der Waals surface area contributed by atoms with Crippen LogP contribution in [0.25, 0.3) is 0 Å². The highest BCUT2D eigenvalue weighted by atomic mass is 19.1. The van der Waals surface area contributed by atoms with E-state index in [1.54, 1.807) is 12.1 Å². The van der Waals surface area contributed by atoms with Crippen LogP contribution in [-0.4, -0.2) is 42.5 Å². The fourth-order valence-corrected chi connectivity index (χ4v) is 3.13. The lowest BCUT2D eigenvalue weighted by molar-refractivity contribution is -0.133. The van der Waals surface area contributed by atoms with Crippen molar-refractivity contribution in [1.29, 1.82) is 0 Å². The van der Waals surface area contributed by atoms with Gasteiger partial charge in [0.1, 0.15) is 5.82 Å². The van der Waals surface area contributed by atoms with Gasteiger partial charge in [0.25, 0.3) is 0 Å². The van der Waals surface area contributed by atoms with Gasteiger partial charge in [-0.15, -0.1) is 0 Å². The maximum atomic E-state index is 13.8. The van der Waals surface area contributed by atoms with Crippen LogP contribution in [0.3, 0.4) is 0 Å². The van der Waals surface area contributed by atoms with Gasteiger partial charge in [0.05, 0.1) is 5.69 Å². The molecule has 2 N–H and O–H groups in total. The molecule has 1 saturated heterocycles. The molecule has 21 heavy (non-hydrogen) atoms. The second-order valence-corrected chi connectivity index (χ2v) is 6.21. The van der Waals surface area contributed by atoms with Crippen molar-refractivity contribution < 1.29 is 9.18 Å². The molecule has 0 aromatic heterocycles. The number of nitrogens with zero attached hydrogens (tertiary/aromatic N) is 2. The molecule has 1 aliphatic heterocycles. The maximum Gasteiger partial charge on any atom is 0.224 e. The Morgan fingerprint density at radius 3 is 2.43 bits per heavy atom. The summed E-state index contributed by atoms with van der Waals surface area (Å²) in [7, 11) is 0. The van der Waals surface area contributed by atoms with Crippen LogP contribution in [0.2, 0.25) is 0 Å². The number of para-hydroxylation sites is 1. The third kappa shape index (κ3) is 3.02. The molecule has 1 amide bonds. The summed E-state index contributed by atoms with van der Waals surface area (Å²) in [6.07, 6.45) is 3.49. The Morgan fingerprint density at radius 2 is 1.86 bits per heavy atom. The van der Waals surface area contributed by atoms with Crippen LogP contribution in [0.4, 0.5) is 10.1 Å². The van der Waals surface area contributed by atoms with Crippen molar-refractivity contribution >= 4 is 11.6 Å². The van der Waals surface area contributed by atoms with Gasteiger partial charge < -0.3 is 15.5 Å². The second kappa shape index (κ2) is 5.64. The van der Waals surface area contributed by atoms with Gasteiger partial charge in [-0.3, -0.25) is 4.79 Å². The summed E-state index contributed by atoms with van der Waals surface area (Å²) in [5.74, 6) is -0.0574. The Bertz CT molecular complexity index is 522. The van der Waals surface area contributed by atoms with Crippen molar-refractivity contribution in [2.45, 2.75) is 31.2 Å². The van der Waals surface area contributed by atoms with Gasteiger partial charge in [0.15, 0.2) is 0 Å². The van der Waals surface area contributed by atoms with E-state index in [1.807, 2.05) is 15.9 Å². The Hall–Kier alpha value is -1.62. The van der Waals surface area contributed by atoms with Crippen molar-refractivity contribution in [1.82, 2.24) is 4.90 Å². The molecule has 1 aliphatic carbocycles. The molecule has 0 atom stereocenters. The summed E-state index contributed by atoms with van der Waals surface area (Å²) >= 11 is 0. The molecule has 0 unspecified atom stereocenters. The molecule has 2 fully saturated rings. The first-order valence-electron chi connectivity index (χ1n) is 7.64. The Balaban J connectivity index is 1.55. The molecule has 2 aliphatic rings. The number of carbonyl (C=O) groups is 1. The molecule has 0 spiro atoms. The van der Waals surface area contributed by atoms with Gasteiger partial charge in [-0.05, 0) is 31.4 Å². The zero-order valence-electron chi connectivity index (χ0n) is 12.2. The fourth-order valence-electron chi connectivity index (χ4n) is 3.13. The van der Waals surface area contributed by atoms with Gasteiger partial charge in [-0.1, -0.05) is 12.1 Å². The minimum Gasteiger partial charge on any atom is -0.366 e. The maximum absolute atomic E-state index is 13.8. The topological polar surface area (TPSA) is 49.6 Å². The van der Waals surface area contributed by atoms with Gasteiger partial charge in [-0.2, -0.15) is 0 Å². The van der Waals surface area contributed by atoms with Crippen molar-refractivity contribution in [2.75, 3.05) is 31.1 Å². The summed E-state index contributed by atoms with van der Waals surface area (Å²) in [6.45, 7) is 2.63. The summed E-state index contributed by atoms with van der Waals surface area (Å²) in [5.41, 5.74) is 6.50. The largest absolute Gasteiger partial charge is 0.366 e. The van der Waals surface area contributed by atoms with Crippen LogP contribution in [0.1, 0.15) is 25.7 Å². The number of nitrogens with two attached hydrogens (primary N) is 1. The van der Waals surface area contributed by atoms with Crippen LogP contribution < -0.4 is 10.6 Å². The van der Waals surface area contributed by atoms with E-state index in [-0.39, 0.29) is 17.3 Å². The molecule has 3 rings (SSSR count). The summed E-state index contributed by atoms with van der Waals surface area (Å²) in [5, 5.41) is 0. The monoisotopic (exact) mass is 291 g/mol. The predicted molar refractivity (Wildman–Crippen MR) is 80.6 cm³/mol. The molecule has 1 aromatic carbocycles. The lowest BCUT2D eigenvalue weighted by Gasteiger charge is -2.41. The van der Waals surface area contributed by atoms with Crippen molar-refractivity contribution in [3.05, 3.63) is 30.1 Å². The minimum absolute atomic E-state index is 0.144. The molecular weight excluding hydrogens is 269 g/mol. The Kier molecular flexibility index (Phi) is 3.85. The van der Waals surface area contributed by atoms with E-state index in [2.05, 4.69) is 0 Å². The first-order valence-corrected chi connectivity index (χ1v) is 7.64. The minimum atomic E-state index is -0.264. The first kappa shape index (κ1) is 14.3. The normalized spacial score (nSPS) is 21.0. The third-order valence-electron chi connectivity index (χ3n) is 4.68. The quantitative estimate of drug-likeness (QED) is 0.923. The number of piperazine rings is 1. The molecule has 5 heteroatoms. The van der Waals surface area contributed by atoms with Crippen LogP contribution >= 0.6 is 0 Å². The van der Waals surface area contributed by atoms with E-state index in [0.29, 0.717) is 38.3 Å². The highest BCUT2D eigenvalue weighted by Gasteiger charge is 2.36. The van der Waals surface area contributed by atoms with E-state index in [0.717, 1.165) is 19.3 Å². The molecule has 0 radical (unpaired) electrons. The Morgan fingerprint density at radius 1 is 1.19 bits per heavy atom. The lowest BCUT2D eigenvalue weighted by Crippen LogP contribution is -2.54. The number of anilines is 1. The van der Waals surface area contributed by atoms with Crippen LogP contribution in [0, 0.1) is 5.82 Å².